The molecule has 0 aromatic carbocycles. The standard InChI is InChI=1S/C22H20N6S/c1-2-20(29-7-1)17-11-24-12-19-15(17)9-18(26-19)21-16-8-14(10-25-22(16)28-27-21)13-3-5-23-6-4-13/h1-2,7-13,23,26H,3-6H2,(H,25,27,28). The lowest BCUT2D eigenvalue weighted by molar-refractivity contribution is 0.460. The maximum absolute atomic E-state index is 4.65. The Hall–Kier alpha value is -3.03. The number of fused-ring (bicyclic) bond motifs is 2. The first-order valence-electron chi connectivity index (χ1n) is 9.92. The average Bonchev–Trinajstić information content (AvgIpc) is 3.52. The van der Waals surface area contributed by atoms with Crippen molar-refractivity contribution in [3.8, 4) is 21.8 Å². The van der Waals surface area contributed by atoms with Crippen LogP contribution < -0.4 is 5.32 Å². The predicted octanol–water partition coefficient (Wildman–Crippen LogP) is 4.70. The molecule has 144 valence electrons. The Bertz CT molecular complexity index is 1290. The van der Waals surface area contributed by atoms with Crippen LogP contribution in [0.5, 0.6) is 0 Å². The molecule has 5 aromatic rings. The van der Waals surface area contributed by atoms with Gasteiger partial charge in [-0.3, -0.25) is 10.1 Å². The molecular formula is C22H20N6S. The molecule has 0 bridgehead atoms. The highest BCUT2D eigenvalue weighted by Crippen LogP contribution is 2.35. The van der Waals surface area contributed by atoms with Crippen LogP contribution in [-0.4, -0.2) is 38.2 Å². The minimum Gasteiger partial charge on any atom is -0.352 e. The summed E-state index contributed by atoms with van der Waals surface area (Å²) in [5, 5.41) is 15.4. The fourth-order valence-corrected chi connectivity index (χ4v) is 5.06. The van der Waals surface area contributed by atoms with Gasteiger partial charge in [0.05, 0.1) is 17.4 Å². The summed E-state index contributed by atoms with van der Waals surface area (Å²) in [6.07, 6.45) is 8.13. The smallest absolute Gasteiger partial charge is 0.155 e. The van der Waals surface area contributed by atoms with Crippen LogP contribution in [0.25, 0.3) is 43.8 Å². The molecule has 0 saturated carbocycles. The quantitative estimate of drug-likeness (QED) is 0.410. The maximum atomic E-state index is 4.65. The van der Waals surface area contributed by atoms with Crippen molar-refractivity contribution in [3.05, 3.63) is 53.8 Å². The number of aromatic nitrogens is 5. The molecule has 0 aliphatic carbocycles. The van der Waals surface area contributed by atoms with E-state index in [9.17, 15) is 0 Å². The number of nitrogens with one attached hydrogen (secondary N) is 3. The Kier molecular flexibility index (Phi) is 3.95. The molecule has 3 N–H and O–H groups in total. The third-order valence-corrected chi connectivity index (χ3v) is 6.74. The van der Waals surface area contributed by atoms with Gasteiger partial charge in [0.25, 0.3) is 0 Å². The SMILES string of the molecule is c1csc(-c2cncc3[nH]c(-c4n[nH]c5ncc(C6CCNCC6)cc45)cc23)c1. The number of hydrogen-bond donors (Lipinski definition) is 3. The Morgan fingerprint density at radius 1 is 1.03 bits per heavy atom. The zero-order chi connectivity index (χ0) is 19.2. The van der Waals surface area contributed by atoms with Gasteiger partial charge in [-0.05, 0) is 61.0 Å². The normalized spacial score (nSPS) is 15.4. The van der Waals surface area contributed by atoms with Gasteiger partial charge in [0.15, 0.2) is 5.65 Å². The molecule has 6 nitrogen and oxygen atoms in total. The zero-order valence-corrected chi connectivity index (χ0v) is 16.6. The summed E-state index contributed by atoms with van der Waals surface area (Å²) < 4.78 is 0. The molecule has 0 amide bonds. The number of hydrogen-bond acceptors (Lipinski definition) is 5. The molecule has 29 heavy (non-hydrogen) atoms. The Balaban J connectivity index is 1.48. The molecule has 6 heterocycles. The summed E-state index contributed by atoms with van der Waals surface area (Å²) in [6, 6.07) is 8.65. The monoisotopic (exact) mass is 400 g/mol. The van der Waals surface area contributed by atoms with Crippen LogP contribution in [-0.2, 0) is 0 Å². The van der Waals surface area contributed by atoms with Gasteiger partial charge in [-0.25, -0.2) is 4.98 Å². The second-order valence-electron chi connectivity index (χ2n) is 7.57. The highest BCUT2D eigenvalue weighted by molar-refractivity contribution is 7.13. The lowest BCUT2D eigenvalue weighted by Gasteiger charge is -2.22. The predicted molar refractivity (Wildman–Crippen MR) is 117 cm³/mol. The van der Waals surface area contributed by atoms with E-state index in [1.807, 2.05) is 18.6 Å². The minimum absolute atomic E-state index is 0.563. The minimum atomic E-state index is 0.563. The zero-order valence-electron chi connectivity index (χ0n) is 15.8. The molecule has 6 rings (SSSR count). The first-order chi connectivity index (χ1) is 14.4. The number of piperidine rings is 1. The van der Waals surface area contributed by atoms with Crippen LogP contribution in [0.1, 0.15) is 24.3 Å². The molecule has 0 atom stereocenters. The molecule has 7 heteroatoms. The summed E-state index contributed by atoms with van der Waals surface area (Å²) in [7, 11) is 0. The van der Waals surface area contributed by atoms with Crippen molar-refractivity contribution in [3.63, 3.8) is 0 Å². The van der Waals surface area contributed by atoms with E-state index in [2.05, 4.69) is 60.1 Å². The van der Waals surface area contributed by atoms with Crippen LogP contribution >= 0.6 is 11.3 Å². The summed E-state index contributed by atoms with van der Waals surface area (Å²) in [5.74, 6) is 0.563. The van der Waals surface area contributed by atoms with Crippen molar-refractivity contribution in [2.75, 3.05) is 13.1 Å². The number of thiophene rings is 1. The van der Waals surface area contributed by atoms with Gasteiger partial charge in [0.2, 0.25) is 0 Å². The summed E-state index contributed by atoms with van der Waals surface area (Å²) in [6.45, 7) is 2.14. The van der Waals surface area contributed by atoms with E-state index < -0.39 is 0 Å². The van der Waals surface area contributed by atoms with Crippen molar-refractivity contribution in [1.29, 1.82) is 0 Å². The molecule has 0 unspecified atom stereocenters. The number of aromatic amines is 2. The number of pyridine rings is 2. The maximum Gasteiger partial charge on any atom is 0.155 e. The van der Waals surface area contributed by atoms with Crippen LogP contribution in [0.15, 0.2) is 48.2 Å². The molecular weight excluding hydrogens is 380 g/mol. The second-order valence-corrected chi connectivity index (χ2v) is 8.52. The lowest BCUT2D eigenvalue weighted by Crippen LogP contribution is -2.26. The van der Waals surface area contributed by atoms with Gasteiger partial charge in [0.1, 0.15) is 5.69 Å². The van der Waals surface area contributed by atoms with Crippen LogP contribution in [0.2, 0.25) is 0 Å². The highest BCUT2D eigenvalue weighted by atomic mass is 32.1. The van der Waals surface area contributed by atoms with E-state index in [4.69, 9.17) is 0 Å². The second kappa shape index (κ2) is 6.79. The summed E-state index contributed by atoms with van der Waals surface area (Å²) in [4.78, 5) is 13.8. The Labute approximate surface area is 171 Å². The lowest BCUT2D eigenvalue weighted by atomic mass is 9.91. The van der Waals surface area contributed by atoms with Gasteiger partial charge in [-0.1, -0.05) is 6.07 Å². The number of H-pyrrole nitrogens is 2. The number of rotatable bonds is 3. The number of nitrogens with zero attached hydrogens (tertiary/aromatic N) is 3. The summed E-state index contributed by atoms with van der Waals surface area (Å²) >= 11 is 1.73. The third kappa shape index (κ3) is 2.85. The van der Waals surface area contributed by atoms with E-state index in [1.54, 1.807) is 11.3 Å². The van der Waals surface area contributed by atoms with E-state index in [1.165, 1.54) is 10.4 Å². The molecule has 0 spiro atoms. The fraction of sp³-hybridized carbons (Fsp3) is 0.227. The topological polar surface area (TPSA) is 82.3 Å². The van der Waals surface area contributed by atoms with Gasteiger partial charge in [-0.2, -0.15) is 5.10 Å². The van der Waals surface area contributed by atoms with E-state index in [0.717, 1.165) is 64.8 Å². The van der Waals surface area contributed by atoms with Crippen molar-refractivity contribution >= 4 is 33.3 Å². The third-order valence-electron chi connectivity index (χ3n) is 5.84. The van der Waals surface area contributed by atoms with E-state index in [-0.39, 0.29) is 0 Å². The van der Waals surface area contributed by atoms with Crippen molar-refractivity contribution in [1.82, 2.24) is 30.5 Å². The molecule has 5 aromatic heterocycles. The van der Waals surface area contributed by atoms with Crippen LogP contribution in [0, 0.1) is 0 Å². The van der Waals surface area contributed by atoms with Crippen molar-refractivity contribution in [2.45, 2.75) is 18.8 Å². The first-order valence-corrected chi connectivity index (χ1v) is 10.8. The molecule has 1 saturated heterocycles. The van der Waals surface area contributed by atoms with Crippen molar-refractivity contribution < 1.29 is 0 Å². The van der Waals surface area contributed by atoms with Crippen LogP contribution in [0.3, 0.4) is 0 Å². The van der Waals surface area contributed by atoms with E-state index in [0.29, 0.717) is 5.92 Å². The van der Waals surface area contributed by atoms with Gasteiger partial charge in [0, 0.05) is 33.6 Å². The fourth-order valence-electron chi connectivity index (χ4n) is 4.31. The average molecular weight is 401 g/mol. The van der Waals surface area contributed by atoms with Crippen LogP contribution in [0.4, 0.5) is 0 Å². The first kappa shape index (κ1) is 16.9. The molecule has 1 fully saturated rings. The van der Waals surface area contributed by atoms with Gasteiger partial charge in [-0.15, -0.1) is 11.3 Å². The highest BCUT2D eigenvalue weighted by Gasteiger charge is 2.19. The molecule has 1 aliphatic rings. The van der Waals surface area contributed by atoms with Crippen molar-refractivity contribution in [2.24, 2.45) is 0 Å². The molecule has 1 aliphatic heterocycles. The van der Waals surface area contributed by atoms with E-state index >= 15 is 0 Å². The van der Waals surface area contributed by atoms with Gasteiger partial charge < -0.3 is 10.3 Å². The molecule has 0 radical (unpaired) electrons. The Morgan fingerprint density at radius 2 is 1.97 bits per heavy atom. The van der Waals surface area contributed by atoms with Gasteiger partial charge >= 0.3 is 0 Å². The summed E-state index contributed by atoms with van der Waals surface area (Å²) in [5.41, 5.74) is 6.20. The largest absolute Gasteiger partial charge is 0.352 e. The Morgan fingerprint density at radius 3 is 2.83 bits per heavy atom.